The van der Waals surface area contributed by atoms with Crippen LogP contribution in [0.1, 0.15) is 30.4 Å². The van der Waals surface area contributed by atoms with Crippen molar-refractivity contribution in [2.75, 3.05) is 23.6 Å². The van der Waals surface area contributed by atoms with Crippen LogP contribution in [0, 0.1) is 0 Å². The average molecular weight is 347 g/mol. The number of ether oxygens (including phenoxy) is 1. The molecule has 0 amide bonds. The van der Waals surface area contributed by atoms with Crippen LogP contribution < -0.4 is 16.0 Å². The van der Waals surface area contributed by atoms with Gasteiger partial charge in [0.2, 0.25) is 0 Å². The van der Waals surface area contributed by atoms with Crippen LogP contribution in [0.5, 0.6) is 0 Å². The lowest BCUT2D eigenvalue weighted by Gasteiger charge is -2.26. The third-order valence-corrected chi connectivity index (χ3v) is 4.64. The minimum Gasteiger partial charge on any atom is -0.462 e. The van der Waals surface area contributed by atoms with E-state index in [1.54, 1.807) is 26.8 Å². The van der Waals surface area contributed by atoms with E-state index >= 15 is 0 Å². The molecular weight excluding hydrogens is 326 g/mol. The van der Waals surface area contributed by atoms with Gasteiger partial charge in [-0.2, -0.15) is 0 Å². The largest absolute Gasteiger partial charge is 0.462 e. The first-order chi connectivity index (χ1) is 11.4. The molecule has 0 spiro atoms. The molecule has 0 radical (unpaired) electrons. The first-order valence-corrected chi connectivity index (χ1v) is 8.62. The van der Waals surface area contributed by atoms with E-state index in [1.165, 1.54) is 11.3 Å². The maximum absolute atomic E-state index is 11.8. The van der Waals surface area contributed by atoms with E-state index in [2.05, 4.69) is 11.0 Å². The standard InChI is InChI=1S/C17H21N3O3S/c1-4-23-16(21)15-8-7-14(24-15)11-5-6-13-12(9-11)18-19-20(13)10-17(2,3)22/h5-9,18-19,22H,4,10H2,1-3H3. The van der Waals surface area contributed by atoms with Crippen molar-refractivity contribution in [2.45, 2.75) is 26.4 Å². The highest BCUT2D eigenvalue weighted by Crippen LogP contribution is 2.36. The number of hydrazine groups is 2. The maximum atomic E-state index is 11.8. The Morgan fingerprint density at radius 2 is 2.12 bits per heavy atom. The van der Waals surface area contributed by atoms with Crippen molar-refractivity contribution in [1.29, 1.82) is 0 Å². The molecule has 1 aromatic carbocycles. The lowest BCUT2D eigenvalue weighted by Crippen LogP contribution is -2.45. The van der Waals surface area contributed by atoms with Gasteiger partial charge in [-0.15, -0.1) is 16.9 Å². The summed E-state index contributed by atoms with van der Waals surface area (Å²) in [5, 5.41) is 11.9. The summed E-state index contributed by atoms with van der Waals surface area (Å²) in [7, 11) is 0. The molecule has 0 aliphatic carbocycles. The number of thiophene rings is 1. The summed E-state index contributed by atoms with van der Waals surface area (Å²) in [6.07, 6.45) is 0. The number of carbonyl (C=O) groups excluding carboxylic acids is 1. The molecule has 2 heterocycles. The lowest BCUT2D eigenvalue weighted by molar-refractivity contribution is 0.0532. The zero-order valence-corrected chi connectivity index (χ0v) is 14.7. The molecular formula is C17H21N3O3S. The summed E-state index contributed by atoms with van der Waals surface area (Å²) in [5.74, 6) is -0.286. The van der Waals surface area contributed by atoms with Crippen molar-refractivity contribution >= 4 is 28.7 Å². The molecule has 0 saturated carbocycles. The summed E-state index contributed by atoms with van der Waals surface area (Å²) < 4.78 is 5.03. The van der Waals surface area contributed by atoms with Crippen molar-refractivity contribution in [3.05, 3.63) is 35.2 Å². The van der Waals surface area contributed by atoms with E-state index in [0.29, 0.717) is 18.0 Å². The van der Waals surface area contributed by atoms with Crippen molar-refractivity contribution in [3.8, 4) is 10.4 Å². The maximum Gasteiger partial charge on any atom is 0.348 e. The molecule has 3 N–H and O–H groups in total. The molecule has 3 rings (SSSR count). The molecule has 1 aliphatic rings. The van der Waals surface area contributed by atoms with E-state index in [-0.39, 0.29) is 5.97 Å². The molecule has 1 aliphatic heterocycles. The average Bonchev–Trinajstić information content (AvgIpc) is 3.13. The van der Waals surface area contributed by atoms with Crippen molar-refractivity contribution < 1.29 is 14.6 Å². The van der Waals surface area contributed by atoms with Crippen molar-refractivity contribution in [3.63, 3.8) is 0 Å². The number of β-amino-alcohol motifs (C(OH)–C–C–N with tert-alkyl or cyclic N) is 1. The van der Waals surface area contributed by atoms with Gasteiger partial charge in [0.25, 0.3) is 0 Å². The predicted molar refractivity (Wildman–Crippen MR) is 96.1 cm³/mol. The van der Waals surface area contributed by atoms with E-state index in [9.17, 15) is 9.90 Å². The molecule has 24 heavy (non-hydrogen) atoms. The highest BCUT2D eigenvalue weighted by molar-refractivity contribution is 7.17. The highest BCUT2D eigenvalue weighted by atomic mass is 32.1. The molecule has 0 unspecified atom stereocenters. The second kappa shape index (κ2) is 6.43. The molecule has 128 valence electrons. The first kappa shape index (κ1) is 16.8. The number of nitrogens with one attached hydrogen (secondary N) is 2. The summed E-state index contributed by atoms with van der Waals surface area (Å²) in [4.78, 5) is 13.4. The molecule has 0 bridgehead atoms. The molecule has 0 fully saturated rings. The third kappa shape index (κ3) is 3.53. The second-order valence-electron chi connectivity index (χ2n) is 6.25. The van der Waals surface area contributed by atoms with Gasteiger partial charge in [0.1, 0.15) is 4.88 Å². The van der Waals surface area contributed by atoms with Crippen molar-refractivity contribution in [1.82, 2.24) is 5.53 Å². The number of carbonyl (C=O) groups is 1. The molecule has 2 aromatic rings. The van der Waals surface area contributed by atoms with Gasteiger partial charge >= 0.3 is 5.97 Å². The SMILES string of the molecule is CCOC(=O)c1ccc(-c2ccc3c(c2)NNN3CC(C)(C)O)s1. The number of hydrogen-bond donors (Lipinski definition) is 3. The summed E-state index contributed by atoms with van der Waals surface area (Å²) in [6.45, 7) is 6.16. The quantitative estimate of drug-likeness (QED) is 0.722. The van der Waals surface area contributed by atoms with Crippen LogP contribution in [-0.2, 0) is 4.74 Å². The van der Waals surface area contributed by atoms with Crippen LogP contribution >= 0.6 is 11.3 Å². The number of nitrogens with zero attached hydrogens (tertiary/aromatic N) is 1. The number of fused-ring (bicyclic) bond motifs is 1. The van der Waals surface area contributed by atoms with E-state index in [1.807, 2.05) is 29.3 Å². The normalized spacial score (nSPS) is 13.6. The van der Waals surface area contributed by atoms with E-state index in [4.69, 9.17) is 4.74 Å². The van der Waals surface area contributed by atoms with Gasteiger partial charge < -0.3 is 15.3 Å². The van der Waals surface area contributed by atoms with Gasteiger partial charge in [0, 0.05) is 4.88 Å². The van der Waals surface area contributed by atoms with Crippen LogP contribution in [-0.4, -0.2) is 29.8 Å². The van der Waals surface area contributed by atoms with Crippen LogP contribution in [0.3, 0.4) is 0 Å². The second-order valence-corrected chi connectivity index (χ2v) is 7.34. The zero-order chi connectivity index (χ0) is 17.3. The summed E-state index contributed by atoms with van der Waals surface area (Å²) in [6, 6.07) is 9.74. The minimum atomic E-state index is -0.808. The topological polar surface area (TPSA) is 73.8 Å². The van der Waals surface area contributed by atoms with Crippen molar-refractivity contribution in [2.24, 2.45) is 0 Å². The van der Waals surface area contributed by atoms with Crippen LogP contribution in [0.15, 0.2) is 30.3 Å². The van der Waals surface area contributed by atoms with E-state index < -0.39 is 5.60 Å². The van der Waals surface area contributed by atoms with Crippen LogP contribution in [0.2, 0.25) is 0 Å². The molecule has 7 heteroatoms. The minimum absolute atomic E-state index is 0.286. The smallest absolute Gasteiger partial charge is 0.348 e. The Morgan fingerprint density at radius 1 is 1.33 bits per heavy atom. The Hall–Kier alpha value is -2.09. The fourth-order valence-corrected chi connectivity index (χ4v) is 3.43. The Bertz CT molecular complexity index is 752. The van der Waals surface area contributed by atoms with Gasteiger partial charge in [-0.1, -0.05) is 6.07 Å². The first-order valence-electron chi connectivity index (χ1n) is 7.80. The molecule has 1 aromatic heterocycles. The number of rotatable bonds is 5. The zero-order valence-electron chi connectivity index (χ0n) is 13.9. The fraction of sp³-hybridized carbons (Fsp3) is 0.353. The summed E-state index contributed by atoms with van der Waals surface area (Å²) >= 11 is 1.41. The molecule has 0 saturated heterocycles. The Labute approximate surface area is 145 Å². The van der Waals surface area contributed by atoms with Crippen LogP contribution in [0.4, 0.5) is 11.4 Å². The number of aliphatic hydroxyl groups is 1. The highest BCUT2D eigenvalue weighted by Gasteiger charge is 2.25. The van der Waals surface area contributed by atoms with Gasteiger partial charge in [0.15, 0.2) is 0 Å². The fourth-order valence-electron chi connectivity index (χ4n) is 2.53. The number of hydrogen-bond acceptors (Lipinski definition) is 7. The summed E-state index contributed by atoms with van der Waals surface area (Å²) in [5.41, 5.74) is 8.28. The third-order valence-electron chi connectivity index (χ3n) is 3.53. The Morgan fingerprint density at radius 3 is 2.83 bits per heavy atom. The molecule has 0 atom stereocenters. The number of anilines is 2. The van der Waals surface area contributed by atoms with Gasteiger partial charge in [-0.3, -0.25) is 5.01 Å². The van der Waals surface area contributed by atoms with Gasteiger partial charge in [0.05, 0.1) is 30.1 Å². The number of benzene rings is 1. The molecule has 6 nitrogen and oxygen atoms in total. The monoisotopic (exact) mass is 347 g/mol. The predicted octanol–water partition coefficient (Wildman–Crippen LogP) is 3.01. The Kier molecular flexibility index (Phi) is 4.49. The van der Waals surface area contributed by atoms with E-state index in [0.717, 1.165) is 21.8 Å². The Balaban J connectivity index is 1.81. The van der Waals surface area contributed by atoms with Crippen LogP contribution in [0.25, 0.3) is 10.4 Å². The van der Waals surface area contributed by atoms with Gasteiger partial charge in [-0.05, 0) is 50.6 Å². The number of esters is 1. The lowest BCUT2D eigenvalue weighted by atomic mass is 10.1. The van der Waals surface area contributed by atoms with Gasteiger partial charge in [-0.25, -0.2) is 4.79 Å².